The SMILES string of the molecule is CCC(C)c1ccc(NC(C)C2CCCN(CC)C2)cc1. The second-order valence-corrected chi connectivity index (χ2v) is 6.66. The molecule has 0 aromatic heterocycles. The van der Waals surface area contributed by atoms with E-state index < -0.39 is 0 Å². The predicted octanol–water partition coefficient (Wildman–Crippen LogP) is 4.73. The fraction of sp³-hybridized carbons (Fsp3) is 0.684. The van der Waals surface area contributed by atoms with Crippen LogP contribution in [-0.4, -0.2) is 30.6 Å². The second-order valence-electron chi connectivity index (χ2n) is 6.66. The molecule has 2 heteroatoms. The maximum absolute atomic E-state index is 3.71. The number of piperidine rings is 1. The van der Waals surface area contributed by atoms with Gasteiger partial charge >= 0.3 is 0 Å². The van der Waals surface area contributed by atoms with Crippen molar-refractivity contribution in [2.24, 2.45) is 5.92 Å². The van der Waals surface area contributed by atoms with Crippen LogP contribution >= 0.6 is 0 Å². The molecular weight excluding hydrogens is 256 g/mol. The Balaban J connectivity index is 1.91. The Bertz CT molecular complexity index is 412. The summed E-state index contributed by atoms with van der Waals surface area (Å²) in [5.41, 5.74) is 2.72. The van der Waals surface area contributed by atoms with Gasteiger partial charge in [-0.2, -0.15) is 0 Å². The fourth-order valence-corrected chi connectivity index (χ4v) is 3.31. The van der Waals surface area contributed by atoms with Crippen molar-refractivity contribution >= 4 is 5.69 Å². The highest BCUT2D eigenvalue weighted by Crippen LogP contribution is 2.24. The zero-order valence-electron chi connectivity index (χ0n) is 14.2. The Morgan fingerprint density at radius 1 is 1.19 bits per heavy atom. The van der Waals surface area contributed by atoms with E-state index in [9.17, 15) is 0 Å². The van der Waals surface area contributed by atoms with Gasteiger partial charge in [0.25, 0.3) is 0 Å². The third-order valence-electron chi connectivity index (χ3n) is 5.18. The van der Waals surface area contributed by atoms with Gasteiger partial charge in [-0.1, -0.05) is 32.9 Å². The van der Waals surface area contributed by atoms with Gasteiger partial charge in [0, 0.05) is 18.3 Å². The summed E-state index contributed by atoms with van der Waals surface area (Å²) in [6.45, 7) is 12.9. The van der Waals surface area contributed by atoms with Gasteiger partial charge in [-0.15, -0.1) is 0 Å². The summed E-state index contributed by atoms with van der Waals surface area (Å²) in [6, 6.07) is 9.61. The molecule has 1 aromatic carbocycles. The van der Waals surface area contributed by atoms with Crippen LogP contribution in [0.25, 0.3) is 0 Å². The standard InChI is InChI=1S/C19H32N2/c1-5-15(3)17-9-11-19(12-10-17)20-16(4)18-8-7-13-21(6-2)14-18/h9-12,15-16,18,20H,5-8,13-14H2,1-4H3. The smallest absolute Gasteiger partial charge is 0.0342 e. The lowest BCUT2D eigenvalue weighted by molar-refractivity contribution is 0.172. The van der Waals surface area contributed by atoms with Gasteiger partial charge in [0.2, 0.25) is 0 Å². The van der Waals surface area contributed by atoms with Gasteiger partial charge in [-0.05, 0) is 68.8 Å². The topological polar surface area (TPSA) is 15.3 Å². The Morgan fingerprint density at radius 3 is 2.52 bits per heavy atom. The molecule has 3 atom stereocenters. The van der Waals surface area contributed by atoms with E-state index >= 15 is 0 Å². The number of hydrogen-bond donors (Lipinski definition) is 1. The van der Waals surface area contributed by atoms with Crippen molar-refractivity contribution < 1.29 is 0 Å². The number of benzene rings is 1. The Labute approximate surface area is 130 Å². The van der Waals surface area contributed by atoms with Crippen LogP contribution < -0.4 is 5.32 Å². The molecule has 118 valence electrons. The molecule has 0 aliphatic carbocycles. The zero-order chi connectivity index (χ0) is 15.2. The lowest BCUT2D eigenvalue weighted by atomic mass is 9.91. The van der Waals surface area contributed by atoms with Crippen molar-refractivity contribution in [1.82, 2.24) is 4.90 Å². The first-order chi connectivity index (χ1) is 10.1. The number of nitrogens with zero attached hydrogens (tertiary/aromatic N) is 1. The first-order valence-electron chi connectivity index (χ1n) is 8.72. The Hall–Kier alpha value is -1.02. The van der Waals surface area contributed by atoms with Gasteiger partial charge < -0.3 is 10.2 Å². The first kappa shape index (κ1) is 16.4. The number of nitrogens with one attached hydrogen (secondary N) is 1. The van der Waals surface area contributed by atoms with Crippen LogP contribution in [0.1, 0.15) is 58.4 Å². The van der Waals surface area contributed by atoms with E-state index in [4.69, 9.17) is 0 Å². The summed E-state index contributed by atoms with van der Waals surface area (Å²) in [6.07, 6.45) is 3.91. The molecule has 2 rings (SSSR count). The molecule has 0 saturated carbocycles. The highest BCUT2D eigenvalue weighted by molar-refractivity contribution is 5.46. The van der Waals surface area contributed by atoms with Gasteiger partial charge in [0.05, 0.1) is 0 Å². The average Bonchev–Trinajstić information content (AvgIpc) is 2.54. The molecule has 0 radical (unpaired) electrons. The monoisotopic (exact) mass is 288 g/mol. The Kier molecular flexibility index (Phi) is 6.10. The second kappa shape index (κ2) is 7.84. The summed E-state index contributed by atoms with van der Waals surface area (Å²) >= 11 is 0. The molecule has 0 bridgehead atoms. The van der Waals surface area contributed by atoms with Gasteiger partial charge in [0.15, 0.2) is 0 Å². The van der Waals surface area contributed by atoms with E-state index in [0.29, 0.717) is 12.0 Å². The number of rotatable bonds is 6. The first-order valence-corrected chi connectivity index (χ1v) is 8.72. The Morgan fingerprint density at radius 2 is 1.90 bits per heavy atom. The normalized spacial score (nSPS) is 22.8. The summed E-state index contributed by atoms with van der Waals surface area (Å²) in [7, 11) is 0. The van der Waals surface area contributed by atoms with E-state index in [-0.39, 0.29) is 0 Å². The minimum Gasteiger partial charge on any atom is -0.382 e. The molecule has 3 unspecified atom stereocenters. The van der Waals surface area contributed by atoms with E-state index in [2.05, 4.69) is 62.2 Å². The number of likely N-dealkylation sites (tertiary alicyclic amines) is 1. The lowest BCUT2D eigenvalue weighted by Crippen LogP contribution is -2.41. The van der Waals surface area contributed by atoms with Crippen LogP contribution in [0.2, 0.25) is 0 Å². The largest absolute Gasteiger partial charge is 0.382 e. The maximum atomic E-state index is 3.71. The van der Waals surface area contributed by atoms with Crippen molar-refractivity contribution in [2.45, 2.75) is 58.9 Å². The zero-order valence-corrected chi connectivity index (χ0v) is 14.2. The minimum absolute atomic E-state index is 0.550. The molecule has 1 aliphatic rings. The van der Waals surface area contributed by atoms with Crippen molar-refractivity contribution in [3.8, 4) is 0 Å². The quantitative estimate of drug-likeness (QED) is 0.814. The van der Waals surface area contributed by atoms with Crippen LogP contribution in [-0.2, 0) is 0 Å². The summed E-state index contributed by atoms with van der Waals surface area (Å²) in [5.74, 6) is 1.43. The van der Waals surface area contributed by atoms with Crippen LogP contribution in [0, 0.1) is 5.92 Å². The maximum Gasteiger partial charge on any atom is 0.0342 e. The van der Waals surface area contributed by atoms with Crippen molar-refractivity contribution in [3.63, 3.8) is 0 Å². The highest BCUT2D eigenvalue weighted by atomic mass is 15.1. The van der Waals surface area contributed by atoms with Gasteiger partial charge in [0.1, 0.15) is 0 Å². The van der Waals surface area contributed by atoms with Gasteiger partial charge in [-0.3, -0.25) is 0 Å². The third-order valence-corrected chi connectivity index (χ3v) is 5.18. The van der Waals surface area contributed by atoms with Crippen molar-refractivity contribution in [2.75, 3.05) is 25.0 Å². The van der Waals surface area contributed by atoms with E-state index in [1.165, 1.54) is 50.1 Å². The van der Waals surface area contributed by atoms with E-state index in [1.807, 2.05) is 0 Å². The molecule has 0 spiro atoms. The summed E-state index contributed by atoms with van der Waals surface area (Å²) < 4.78 is 0. The number of hydrogen-bond acceptors (Lipinski definition) is 2. The van der Waals surface area contributed by atoms with E-state index in [0.717, 1.165) is 5.92 Å². The molecule has 2 nitrogen and oxygen atoms in total. The third kappa shape index (κ3) is 4.47. The van der Waals surface area contributed by atoms with Crippen LogP contribution in [0.5, 0.6) is 0 Å². The molecular formula is C19H32N2. The van der Waals surface area contributed by atoms with Crippen LogP contribution in [0.3, 0.4) is 0 Å². The summed E-state index contributed by atoms with van der Waals surface area (Å²) in [5, 5.41) is 3.71. The highest BCUT2D eigenvalue weighted by Gasteiger charge is 2.23. The molecule has 1 saturated heterocycles. The van der Waals surface area contributed by atoms with Crippen LogP contribution in [0.4, 0.5) is 5.69 Å². The summed E-state index contributed by atoms with van der Waals surface area (Å²) in [4.78, 5) is 2.58. The molecule has 1 aliphatic heterocycles. The van der Waals surface area contributed by atoms with E-state index in [1.54, 1.807) is 0 Å². The van der Waals surface area contributed by atoms with Crippen molar-refractivity contribution in [1.29, 1.82) is 0 Å². The minimum atomic E-state index is 0.550. The predicted molar refractivity (Wildman–Crippen MR) is 93.1 cm³/mol. The molecule has 0 amide bonds. The lowest BCUT2D eigenvalue weighted by Gasteiger charge is -2.35. The molecule has 1 fully saturated rings. The fourth-order valence-electron chi connectivity index (χ4n) is 3.31. The average molecular weight is 288 g/mol. The van der Waals surface area contributed by atoms with Gasteiger partial charge in [-0.25, -0.2) is 0 Å². The number of anilines is 1. The molecule has 1 N–H and O–H groups in total. The molecule has 21 heavy (non-hydrogen) atoms. The molecule has 1 aromatic rings. The van der Waals surface area contributed by atoms with Crippen molar-refractivity contribution in [3.05, 3.63) is 29.8 Å². The van der Waals surface area contributed by atoms with Crippen LogP contribution in [0.15, 0.2) is 24.3 Å². The molecule has 1 heterocycles.